The lowest BCUT2D eigenvalue weighted by Gasteiger charge is -2.43. The Bertz CT molecular complexity index is 1370. The molecular weight excluding hydrogens is 452 g/mol. The van der Waals surface area contributed by atoms with Crippen LogP contribution in [0, 0.1) is 0 Å². The van der Waals surface area contributed by atoms with Gasteiger partial charge in [-0.1, -0.05) is 60.7 Å². The standard InChI is InChI=1S/C29H28N4O3/c1-29(28(35)30-18-21-9-5-3-6-10-21)20-33-26(27(34)32(29)19-22-11-7-4-8-12-22)17-25(31-33)23-13-15-24(36-2)16-14-23/h3-17H,18-20H2,1-2H3,(H,30,35)/t29-/m1/s1. The Kier molecular flexibility index (Phi) is 6.29. The molecule has 2 amide bonds. The van der Waals surface area contributed by atoms with Crippen molar-refractivity contribution in [2.75, 3.05) is 7.11 Å². The van der Waals surface area contributed by atoms with Crippen LogP contribution in [0.4, 0.5) is 0 Å². The summed E-state index contributed by atoms with van der Waals surface area (Å²) in [7, 11) is 1.62. The molecule has 3 aromatic carbocycles. The second kappa shape index (κ2) is 9.70. The summed E-state index contributed by atoms with van der Waals surface area (Å²) in [4.78, 5) is 29.1. The number of benzene rings is 3. The van der Waals surface area contributed by atoms with Crippen LogP contribution in [-0.2, 0) is 24.4 Å². The van der Waals surface area contributed by atoms with Gasteiger partial charge in [0.2, 0.25) is 5.91 Å². The first-order chi connectivity index (χ1) is 17.5. The molecule has 1 N–H and O–H groups in total. The molecule has 0 aliphatic carbocycles. The summed E-state index contributed by atoms with van der Waals surface area (Å²) in [6, 6.07) is 28.8. The molecule has 0 spiro atoms. The number of aromatic nitrogens is 2. The Hall–Kier alpha value is -4.39. The first-order valence-corrected chi connectivity index (χ1v) is 11.9. The molecule has 4 aromatic rings. The molecular formula is C29H28N4O3. The van der Waals surface area contributed by atoms with Crippen molar-refractivity contribution in [3.05, 3.63) is 108 Å². The molecule has 1 atom stereocenters. The minimum atomic E-state index is -1.13. The molecule has 0 unspecified atom stereocenters. The van der Waals surface area contributed by atoms with E-state index in [1.807, 2.05) is 91.9 Å². The summed E-state index contributed by atoms with van der Waals surface area (Å²) in [5.41, 5.74) is 2.83. The second-order valence-electron chi connectivity index (χ2n) is 9.12. The van der Waals surface area contributed by atoms with Crippen LogP contribution in [0.5, 0.6) is 5.75 Å². The molecule has 0 saturated heterocycles. The van der Waals surface area contributed by atoms with Gasteiger partial charge in [-0.3, -0.25) is 14.3 Å². The van der Waals surface area contributed by atoms with Crippen LogP contribution < -0.4 is 10.1 Å². The van der Waals surface area contributed by atoms with Crippen molar-refractivity contribution in [1.82, 2.24) is 20.0 Å². The van der Waals surface area contributed by atoms with Gasteiger partial charge in [-0.2, -0.15) is 5.10 Å². The Balaban J connectivity index is 1.48. The summed E-state index contributed by atoms with van der Waals surface area (Å²) in [5, 5.41) is 7.75. The number of amides is 2. The van der Waals surface area contributed by atoms with Crippen LogP contribution in [0.1, 0.15) is 28.5 Å². The maximum absolute atomic E-state index is 13.8. The number of nitrogens with one attached hydrogen (secondary N) is 1. The summed E-state index contributed by atoms with van der Waals surface area (Å²) in [5.74, 6) is 0.299. The zero-order valence-electron chi connectivity index (χ0n) is 20.3. The van der Waals surface area contributed by atoms with Crippen molar-refractivity contribution in [3.63, 3.8) is 0 Å². The zero-order chi connectivity index (χ0) is 25.1. The van der Waals surface area contributed by atoms with E-state index in [0.29, 0.717) is 24.5 Å². The van der Waals surface area contributed by atoms with E-state index in [9.17, 15) is 9.59 Å². The van der Waals surface area contributed by atoms with Crippen molar-refractivity contribution < 1.29 is 14.3 Å². The summed E-state index contributed by atoms with van der Waals surface area (Å²) >= 11 is 0. The highest BCUT2D eigenvalue weighted by Crippen LogP contribution is 2.32. The summed E-state index contributed by atoms with van der Waals surface area (Å²) in [6.45, 7) is 2.76. The van der Waals surface area contributed by atoms with Gasteiger partial charge in [-0.15, -0.1) is 0 Å². The molecule has 1 aliphatic rings. The first-order valence-electron chi connectivity index (χ1n) is 11.9. The second-order valence-corrected chi connectivity index (χ2v) is 9.12. The minimum absolute atomic E-state index is 0.220. The van der Waals surface area contributed by atoms with E-state index >= 15 is 0 Å². The Morgan fingerprint density at radius 2 is 1.61 bits per heavy atom. The van der Waals surface area contributed by atoms with Gasteiger partial charge in [0.1, 0.15) is 17.0 Å². The molecule has 182 valence electrons. The normalized spacial score (nSPS) is 16.9. The molecule has 0 radical (unpaired) electrons. The Morgan fingerprint density at radius 1 is 0.972 bits per heavy atom. The van der Waals surface area contributed by atoms with Crippen molar-refractivity contribution >= 4 is 11.8 Å². The number of nitrogens with zero attached hydrogens (tertiary/aromatic N) is 3. The van der Waals surface area contributed by atoms with Gasteiger partial charge >= 0.3 is 0 Å². The predicted octanol–water partition coefficient (Wildman–Crippen LogP) is 4.29. The van der Waals surface area contributed by atoms with Gasteiger partial charge in [0.05, 0.1) is 19.3 Å². The lowest BCUT2D eigenvalue weighted by atomic mass is 9.94. The van der Waals surface area contributed by atoms with Crippen LogP contribution in [0.15, 0.2) is 91.0 Å². The average Bonchev–Trinajstić information content (AvgIpc) is 3.34. The maximum atomic E-state index is 13.8. The molecule has 0 fully saturated rings. The van der Waals surface area contributed by atoms with Gasteiger partial charge < -0.3 is 15.0 Å². The highest BCUT2D eigenvalue weighted by atomic mass is 16.5. The average molecular weight is 481 g/mol. The van der Waals surface area contributed by atoms with Crippen LogP contribution in [0.2, 0.25) is 0 Å². The molecule has 36 heavy (non-hydrogen) atoms. The number of hydrogen-bond acceptors (Lipinski definition) is 4. The maximum Gasteiger partial charge on any atom is 0.273 e. The number of fused-ring (bicyclic) bond motifs is 1. The number of carbonyl (C=O) groups is 2. The summed E-state index contributed by atoms with van der Waals surface area (Å²) in [6.07, 6.45) is 0. The van der Waals surface area contributed by atoms with Crippen LogP contribution in [0.25, 0.3) is 11.3 Å². The highest BCUT2D eigenvalue weighted by molar-refractivity contribution is 6.00. The molecule has 2 heterocycles. The monoisotopic (exact) mass is 480 g/mol. The van der Waals surface area contributed by atoms with Gasteiger partial charge in [0.25, 0.3) is 5.91 Å². The molecule has 0 saturated carbocycles. The molecule has 1 aromatic heterocycles. The van der Waals surface area contributed by atoms with Gasteiger partial charge in [-0.25, -0.2) is 0 Å². The smallest absolute Gasteiger partial charge is 0.273 e. The van der Waals surface area contributed by atoms with Crippen LogP contribution >= 0.6 is 0 Å². The van der Waals surface area contributed by atoms with Gasteiger partial charge in [-0.05, 0) is 48.4 Å². The third-order valence-electron chi connectivity index (χ3n) is 6.65. The van der Waals surface area contributed by atoms with Crippen LogP contribution in [-0.4, -0.2) is 39.1 Å². The van der Waals surface area contributed by atoms with E-state index in [-0.39, 0.29) is 18.4 Å². The topological polar surface area (TPSA) is 76.5 Å². The Morgan fingerprint density at radius 3 is 2.25 bits per heavy atom. The molecule has 0 bridgehead atoms. The number of ether oxygens (including phenoxy) is 1. The van der Waals surface area contributed by atoms with Crippen molar-refractivity contribution in [2.24, 2.45) is 0 Å². The zero-order valence-corrected chi connectivity index (χ0v) is 20.3. The number of methoxy groups -OCH3 is 1. The molecule has 5 rings (SSSR count). The third-order valence-corrected chi connectivity index (χ3v) is 6.65. The molecule has 1 aliphatic heterocycles. The van der Waals surface area contributed by atoms with Crippen molar-refractivity contribution in [3.8, 4) is 17.0 Å². The fourth-order valence-corrected chi connectivity index (χ4v) is 4.53. The SMILES string of the molecule is COc1ccc(-c2cc3n(n2)C[C@](C)(C(=O)NCc2ccccc2)N(Cc2ccccc2)C3=O)cc1. The molecule has 7 nitrogen and oxygen atoms in total. The quantitative estimate of drug-likeness (QED) is 0.428. The van der Waals surface area contributed by atoms with E-state index in [2.05, 4.69) is 5.32 Å². The summed E-state index contributed by atoms with van der Waals surface area (Å²) < 4.78 is 6.91. The van der Waals surface area contributed by atoms with Gasteiger partial charge in [0, 0.05) is 18.7 Å². The number of hydrogen-bond donors (Lipinski definition) is 1. The van der Waals surface area contributed by atoms with E-state index in [4.69, 9.17) is 9.84 Å². The fraction of sp³-hybridized carbons (Fsp3) is 0.207. The van der Waals surface area contributed by atoms with Crippen LogP contribution in [0.3, 0.4) is 0 Å². The van der Waals surface area contributed by atoms with Crippen molar-refractivity contribution in [2.45, 2.75) is 32.1 Å². The fourth-order valence-electron chi connectivity index (χ4n) is 4.53. The lowest BCUT2D eigenvalue weighted by Crippen LogP contribution is -2.63. The lowest BCUT2D eigenvalue weighted by molar-refractivity contribution is -0.133. The van der Waals surface area contributed by atoms with Gasteiger partial charge in [0.15, 0.2) is 0 Å². The third kappa shape index (κ3) is 4.47. The van der Waals surface area contributed by atoms with E-state index in [0.717, 1.165) is 22.4 Å². The first kappa shape index (κ1) is 23.4. The Labute approximate surface area is 210 Å². The highest BCUT2D eigenvalue weighted by Gasteiger charge is 2.47. The number of carbonyl (C=O) groups excluding carboxylic acids is 2. The van der Waals surface area contributed by atoms with Crippen molar-refractivity contribution in [1.29, 1.82) is 0 Å². The largest absolute Gasteiger partial charge is 0.497 e. The number of rotatable bonds is 7. The predicted molar refractivity (Wildman–Crippen MR) is 137 cm³/mol. The van der Waals surface area contributed by atoms with E-state index in [1.54, 1.807) is 22.8 Å². The van der Waals surface area contributed by atoms with E-state index in [1.165, 1.54) is 0 Å². The van der Waals surface area contributed by atoms with E-state index < -0.39 is 5.54 Å². The molecule has 7 heteroatoms. The minimum Gasteiger partial charge on any atom is -0.497 e.